The highest BCUT2D eigenvalue weighted by molar-refractivity contribution is 5.36. The zero-order valence-electron chi connectivity index (χ0n) is 13.5. The van der Waals surface area contributed by atoms with Gasteiger partial charge in [0.1, 0.15) is 11.9 Å². The molecule has 0 amide bonds. The zero-order valence-corrected chi connectivity index (χ0v) is 13.5. The molecular weight excluding hydrogens is 306 g/mol. The van der Waals surface area contributed by atoms with Gasteiger partial charge in [0, 0.05) is 18.6 Å². The number of benzene rings is 1. The van der Waals surface area contributed by atoms with Crippen molar-refractivity contribution in [2.24, 2.45) is 0 Å². The predicted octanol–water partition coefficient (Wildman–Crippen LogP) is 2.06. The Hall–Kier alpha value is -1.66. The summed E-state index contributed by atoms with van der Waals surface area (Å²) in [6.45, 7) is 2.00. The van der Waals surface area contributed by atoms with Crippen LogP contribution >= 0.6 is 0 Å². The molecule has 1 aromatic carbocycles. The van der Waals surface area contributed by atoms with Crippen LogP contribution in [-0.4, -0.2) is 47.0 Å². The highest BCUT2D eigenvalue weighted by Gasteiger charge is 2.39. The quantitative estimate of drug-likeness (QED) is 0.899. The lowest BCUT2D eigenvalue weighted by Gasteiger charge is -2.41. The summed E-state index contributed by atoms with van der Waals surface area (Å²) < 4.78 is 10.9. The number of morpholine rings is 1. The molecule has 128 valence electrons. The van der Waals surface area contributed by atoms with Crippen molar-refractivity contribution in [1.82, 2.24) is 4.90 Å². The van der Waals surface area contributed by atoms with E-state index in [1.165, 1.54) is 5.56 Å². The van der Waals surface area contributed by atoms with Gasteiger partial charge in [-0.3, -0.25) is 4.90 Å². The lowest BCUT2D eigenvalue weighted by molar-refractivity contribution is -0.0693. The van der Waals surface area contributed by atoms with Crippen molar-refractivity contribution in [2.45, 2.75) is 37.1 Å². The minimum absolute atomic E-state index is 0.0418. The van der Waals surface area contributed by atoms with E-state index in [0.717, 1.165) is 18.5 Å². The molecule has 2 aromatic rings. The van der Waals surface area contributed by atoms with E-state index in [1.807, 2.05) is 18.2 Å². The van der Waals surface area contributed by atoms with Crippen LogP contribution in [0.4, 0.5) is 0 Å². The first kappa shape index (κ1) is 15.8. The molecule has 4 rings (SSSR count). The smallest absolute Gasteiger partial charge is 0.132 e. The summed E-state index contributed by atoms with van der Waals surface area (Å²) in [4.78, 5) is 2.31. The molecule has 0 saturated carbocycles. The average Bonchev–Trinajstić information content (AvgIpc) is 3.25. The minimum atomic E-state index is -0.657. The Kier molecular flexibility index (Phi) is 4.41. The van der Waals surface area contributed by atoms with E-state index >= 15 is 0 Å². The maximum Gasteiger partial charge on any atom is 0.132 e. The van der Waals surface area contributed by atoms with Gasteiger partial charge in [-0.1, -0.05) is 24.3 Å². The largest absolute Gasteiger partial charge is 0.467 e. The molecule has 4 unspecified atom stereocenters. The highest BCUT2D eigenvalue weighted by Crippen LogP contribution is 2.37. The second-order valence-corrected chi connectivity index (χ2v) is 6.65. The van der Waals surface area contributed by atoms with Crippen molar-refractivity contribution in [3.05, 3.63) is 59.5 Å². The van der Waals surface area contributed by atoms with E-state index in [4.69, 9.17) is 9.15 Å². The molecule has 1 aliphatic heterocycles. The summed E-state index contributed by atoms with van der Waals surface area (Å²) in [6, 6.07) is 11.8. The van der Waals surface area contributed by atoms with Crippen molar-refractivity contribution in [3.8, 4) is 0 Å². The second kappa shape index (κ2) is 6.69. The Morgan fingerprint density at radius 2 is 2.08 bits per heavy atom. The number of furan rings is 1. The molecular formula is C19H23NO4. The Bertz CT molecular complexity index is 672. The third kappa shape index (κ3) is 2.89. The summed E-state index contributed by atoms with van der Waals surface area (Å²) in [5.41, 5.74) is 2.24. The van der Waals surface area contributed by atoms with Crippen LogP contribution in [0.2, 0.25) is 0 Å². The number of rotatable bonds is 4. The van der Waals surface area contributed by atoms with Crippen LogP contribution < -0.4 is 0 Å². The predicted molar refractivity (Wildman–Crippen MR) is 88.5 cm³/mol. The normalized spacial score (nSPS) is 28.7. The number of aliphatic hydroxyl groups excluding tert-OH is 2. The molecule has 1 saturated heterocycles. The van der Waals surface area contributed by atoms with E-state index in [-0.39, 0.29) is 12.1 Å². The summed E-state index contributed by atoms with van der Waals surface area (Å²) in [5.74, 6) is 0.579. The molecule has 1 aromatic heterocycles. The molecule has 1 fully saturated rings. The first-order valence-corrected chi connectivity index (χ1v) is 8.55. The number of nitrogens with zero attached hydrogens (tertiary/aromatic N) is 1. The summed E-state index contributed by atoms with van der Waals surface area (Å²) in [7, 11) is 0. The number of fused-ring (bicyclic) bond motifs is 1. The molecule has 0 bridgehead atoms. The molecule has 5 heteroatoms. The monoisotopic (exact) mass is 329 g/mol. The Balaban J connectivity index is 1.51. The molecule has 2 aliphatic rings. The first-order valence-electron chi connectivity index (χ1n) is 8.55. The molecule has 24 heavy (non-hydrogen) atoms. The summed E-state index contributed by atoms with van der Waals surface area (Å²) in [6.07, 6.45) is 1.81. The molecule has 2 heterocycles. The zero-order chi connectivity index (χ0) is 16.5. The van der Waals surface area contributed by atoms with Crippen molar-refractivity contribution in [2.75, 3.05) is 19.8 Å². The SMILES string of the molecule is OC(CC1COCCN1C1Cc2ccccc2C1O)c1ccco1. The van der Waals surface area contributed by atoms with E-state index in [1.54, 1.807) is 18.4 Å². The van der Waals surface area contributed by atoms with Crippen molar-refractivity contribution in [3.63, 3.8) is 0 Å². The number of hydrogen-bond acceptors (Lipinski definition) is 5. The summed E-state index contributed by atoms with van der Waals surface area (Å²) in [5, 5.41) is 21.2. The van der Waals surface area contributed by atoms with Gasteiger partial charge in [-0.25, -0.2) is 0 Å². The van der Waals surface area contributed by atoms with Crippen molar-refractivity contribution >= 4 is 0 Å². The third-order valence-corrected chi connectivity index (χ3v) is 5.23. The fraction of sp³-hybridized carbons (Fsp3) is 0.474. The van der Waals surface area contributed by atoms with Gasteiger partial charge in [-0.2, -0.15) is 0 Å². The number of aliphatic hydroxyl groups is 2. The van der Waals surface area contributed by atoms with Crippen LogP contribution in [0.1, 0.15) is 35.5 Å². The van der Waals surface area contributed by atoms with Gasteiger partial charge in [0.2, 0.25) is 0 Å². The average molecular weight is 329 g/mol. The van der Waals surface area contributed by atoms with E-state index in [2.05, 4.69) is 11.0 Å². The van der Waals surface area contributed by atoms with Crippen LogP contribution in [-0.2, 0) is 11.2 Å². The van der Waals surface area contributed by atoms with Crippen molar-refractivity contribution < 1.29 is 19.4 Å². The fourth-order valence-electron chi connectivity index (χ4n) is 4.01. The minimum Gasteiger partial charge on any atom is -0.467 e. The first-order chi connectivity index (χ1) is 11.7. The van der Waals surface area contributed by atoms with Gasteiger partial charge < -0.3 is 19.4 Å². The fourth-order valence-corrected chi connectivity index (χ4v) is 4.01. The second-order valence-electron chi connectivity index (χ2n) is 6.65. The Labute approximate surface area is 141 Å². The van der Waals surface area contributed by atoms with Gasteiger partial charge in [-0.15, -0.1) is 0 Å². The highest BCUT2D eigenvalue weighted by atomic mass is 16.5. The number of ether oxygens (including phenoxy) is 1. The molecule has 0 radical (unpaired) electrons. The Morgan fingerprint density at radius 1 is 1.21 bits per heavy atom. The van der Waals surface area contributed by atoms with Gasteiger partial charge >= 0.3 is 0 Å². The molecule has 4 atom stereocenters. The lowest BCUT2D eigenvalue weighted by atomic mass is 10.0. The van der Waals surface area contributed by atoms with Crippen LogP contribution in [0.25, 0.3) is 0 Å². The Morgan fingerprint density at radius 3 is 2.88 bits per heavy atom. The van der Waals surface area contributed by atoms with Gasteiger partial charge in [0.05, 0.1) is 25.6 Å². The lowest BCUT2D eigenvalue weighted by Crippen LogP contribution is -2.52. The van der Waals surface area contributed by atoms with E-state index in [0.29, 0.717) is 25.4 Å². The molecule has 5 nitrogen and oxygen atoms in total. The van der Waals surface area contributed by atoms with Crippen LogP contribution in [0.3, 0.4) is 0 Å². The van der Waals surface area contributed by atoms with Crippen LogP contribution in [0.5, 0.6) is 0 Å². The van der Waals surface area contributed by atoms with Crippen molar-refractivity contribution in [1.29, 1.82) is 0 Å². The van der Waals surface area contributed by atoms with Gasteiger partial charge in [0.15, 0.2) is 0 Å². The van der Waals surface area contributed by atoms with Crippen LogP contribution in [0.15, 0.2) is 47.1 Å². The van der Waals surface area contributed by atoms with Gasteiger partial charge in [-0.05, 0) is 36.1 Å². The van der Waals surface area contributed by atoms with Crippen LogP contribution in [0, 0.1) is 0 Å². The van der Waals surface area contributed by atoms with E-state index < -0.39 is 12.2 Å². The molecule has 2 N–H and O–H groups in total. The maximum absolute atomic E-state index is 10.8. The van der Waals surface area contributed by atoms with E-state index in [9.17, 15) is 10.2 Å². The molecule has 1 aliphatic carbocycles. The molecule has 0 spiro atoms. The number of hydrogen-bond donors (Lipinski definition) is 2. The topological polar surface area (TPSA) is 66.1 Å². The van der Waals surface area contributed by atoms with Gasteiger partial charge in [0.25, 0.3) is 0 Å². The maximum atomic E-state index is 10.8. The standard InChI is InChI=1S/C19H23NO4/c21-17(18-6-3-8-24-18)11-14-12-23-9-7-20(14)16-10-13-4-1-2-5-15(13)19(16)22/h1-6,8,14,16-17,19,21-22H,7,9-12H2. The summed E-state index contributed by atoms with van der Waals surface area (Å²) >= 11 is 0. The third-order valence-electron chi connectivity index (χ3n) is 5.23.